The number of nitrogens with one attached hydrogen (secondary N) is 1. The Balaban J connectivity index is 1.53. The van der Waals surface area contributed by atoms with Crippen LogP contribution in [0.15, 0.2) is 96.1 Å². The van der Waals surface area contributed by atoms with Gasteiger partial charge in [-0.05, 0) is 71.4 Å². The molecule has 162 valence electrons. The Bertz CT molecular complexity index is 1340. The molecular weight excluding hydrogens is 400 g/mol. The van der Waals surface area contributed by atoms with Crippen molar-refractivity contribution in [3.63, 3.8) is 0 Å². The van der Waals surface area contributed by atoms with Crippen molar-refractivity contribution in [3.05, 3.63) is 136 Å². The Morgan fingerprint density at radius 3 is 2.12 bits per heavy atom. The molecule has 1 N–H and O–H groups in total. The van der Waals surface area contributed by atoms with Crippen molar-refractivity contribution in [1.82, 2.24) is 0 Å². The van der Waals surface area contributed by atoms with E-state index in [1.165, 1.54) is 44.5 Å². The summed E-state index contributed by atoms with van der Waals surface area (Å²) < 4.78 is 0. The molecular formula is C31H28N2. The van der Waals surface area contributed by atoms with E-state index >= 15 is 0 Å². The summed E-state index contributed by atoms with van der Waals surface area (Å²) in [6, 6.07) is 32.4. The number of hydrogen-bond acceptors (Lipinski definition) is 2. The standard InChI is InChI=1S/C31H28N2/c1-21-17-22(2)31(23(3)18-21)33-32-20-26-14-8-10-16-28(26)30-27-15-9-7-13-25(27)19-29(30)24-11-5-4-6-12-24/h4-20,30,33H,1-3H3/b32-20+. The van der Waals surface area contributed by atoms with Gasteiger partial charge in [0, 0.05) is 5.92 Å². The van der Waals surface area contributed by atoms with E-state index in [4.69, 9.17) is 0 Å². The van der Waals surface area contributed by atoms with Crippen molar-refractivity contribution in [2.24, 2.45) is 5.10 Å². The van der Waals surface area contributed by atoms with Gasteiger partial charge in [0.15, 0.2) is 0 Å². The van der Waals surface area contributed by atoms with Gasteiger partial charge in [0.05, 0.1) is 11.9 Å². The van der Waals surface area contributed by atoms with Crippen molar-refractivity contribution in [2.45, 2.75) is 26.7 Å². The van der Waals surface area contributed by atoms with Gasteiger partial charge < -0.3 is 0 Å². The summed E-state index contributed by atoms with van der Waals surface area (Å²) >= 11 is 0. The van der Waals surface area contributed by atoms with Gasteiger partial charge >= 0.3 is 0 Å². The zero-order chi connectivity index (χ0) is 22.8. The predicted molar refractivity (Wildman–Crippen MR) is 141 cm³/mol. The molecule has 0 aromatic heterocycles. The first-order valence-corrected chi connectivity index (χ1v) is 11.4. The number of benzene rings is 4. The third-order valence-corrected chi connectivity index (χ3v) is 6.40. The van der Waals surface area contributed by atoms with Crippen LogP contribution in [0.4, 0.5) is 5.69 Å². The number of nitrogens with zero attached hydrogens (tertiary/aromatic N) is 1. The number of hydrazone groups is 1. The smallest absolute Gasteiger partial charge is 0.0620 e. The maximum absolute atomic E-state index is 4.65. The molecule has 5 rings (SSSR count). The largest absolute Gasteiger partial charge is 0.278 e. The van der Waals surface area contributed by atoms with Crippen LogP contribution in [0.2, 0.25) is 0 Å². The molecule has 0 radical (unpaired) electrons. The zero-order valence-corrected chi connectivity index (χ0v) is 19.3. The van der Waals surface area contributed by atoms with Crippen LogP contribution in [0.25, 0.3) is 11.6 Å². The molecule has 0 heterocycles. The minimum atomic E-state index is 0.175. The molecule has 2 nitrogen and oxygen atoms in total. The molecule has 0 saturated heterocycles. The van der Waals surface area contributed by atoms with Gasteiger partial charge in [0.1, 0.15) is 0 Å². The number of aryl methyl sites for hydroxylation is 3. The molecule has 1 aliphatic rings. The number of anilines is 1. The van der Waals surface area contributed by atoms with Crippen LogP contribution in [0.3, 0.4) is 0 Å². The van der Waals surface area contributed by atoms with E-state index in [1.54, 1.807) is 0 Å². The van der Waals surface area contributed by atoms with E-state index in [9.17, 15) is 0 Å². The fourth-order valence-corrected chi connectivity index (χ4v) is 4.95. The minimum Gasteiger partial charge on any atom is -0.278 e. The highest BCUT2D eigenvalue weighted by Crippen LogP contribution is 2.46. The van der Waals surface area contributed by atoms with E-state index in [2.05, 4.69) is 128 Å². The number of hydrogen-bond donors (Lipinski definition) is 1. The molecule has 4 aromatic carbocycles. The van der Waals surface area contributed by atoms with Crippen LogP contribution in [0, 0.1) is 20.8 Å². The fraction of sp³-hybridized carbons (Fsp3) is 0.129. The van der Waals surface area contributed by atoms with Gasteiger partial charge in [-0.3, -0.25) is 5.43 Å². The lowest BCUT2D eigenvalue weighted by Gasteiger charge is -2.20. The molecule has 0 amide bonds. The molecule has 0 bridgehead atoms. The molecule has 0 fully saturated rings. The Morgan fingerprint density at radius 2 is 1.36 bits per heavy atom. The zero-order valence-electron chi connectivity index (χ0n) is 19.3. The average Bonchev–Trinajstić information content (AvgIpc) is 3.21. The highest BCUT2D eigenvalue weighted by molar-refractivity contribution is 5.95. The molecule has 0 spiro atoms. The van der Waals surface area contributed by atoms with Crippen LogP contribution in [-0.2, 0) is 0 Å². The maximum atomic E-state index is 4.65. The molecule has 33 heavy (non-hydrogen) atoms. The van der Waals surface area contributed by atoms with Gasteiger partial charge in [-0.1, -0.05) is 96.6 Å². The number of fused-ring (bicyclic) bond motifs is 1. The number of rotatable bonds is 5. The van der Waals surface area contributed by atoms with Crippen molar-refractivity contribution < 1.29 is 0 Å². The van der Waals surface area contributed by atoms with Crippen molar-refractivity contribution in [1.29, 1.82) is 0 Å². The first kappa shape index (κ1) is 21.0. The monoisotopic (exact) mass is 428 g/mol. The summed E-state index contributed by atoms with van der Waals surface area (Å²) in [4.78, 5) is 0. The first-order valence-electron chi connectivity index (χ1n) is 11.4. The van der Waals surface area contributed by atoms with E-state index in [0.29, 0.717) is 0 Å². The maximum Gasteiger partial charge on any atom is 0.0620 e. The second-order valence-corrected chi connectivity index (χ2v) is 8.80. The van der Waals surface area contributed by atoms with Crippen LogP contribution in [0.1, 0.15) is 50.4 Å². The van der Waals surface area contributed by atoms with Crippen LogP contribution < -0.4 is 5.43 Å². The van der Waals surface area contributed by atoms with Gasteiger partial charge in [-0.25, -0.2) is 0 Å². The SMILES string of the molecule is Cc1cc(C)c(N/N=C/c2ccccc2C2C(c3ccccc3)=Cc3ccccc32)c(C)c1. The van der Waals surface area contributed by atoms with E-state index < -0.39 is 0 Å². The first-order chi connectivity index (χ1) is 16.1. The summed E-state index contributed by atoms with van der Waals surface area (Å²) in [5, 5.41) is 4.65. The van der Waals surface area contributed by atoms with Crippen LogP contribution in [-0.4, -0.2) is 6.21 Å². The predicted octanol–water partition coefficient (Wildman–Crippen LogP) is 7.74. The van der Waals surface area contributed by atoms with E-state index in [0.717, 1.165) is 11.3 Å². The van der Waals surface area contributed by atoms with Crippen molar-refractivity contribution in [3.8, 4) is 0 Å². The van der Waals surface area contributed by atoms with Gasteiger partial charge in [0.25, 0.3) is 0 Å². The average molecular weight is 429 g/mol. The summed E-state index contributed by atoms with van der Waals surface area (Å²) in [7, 11) is 0. The Kier molecular flexibility index (Phi) is 5.66. The molecule has 1 aliphatic carbocycles. The van der Waals surface area contributed by atoms with Gasteiger partial charge in [-0.15, -0.1) is 0 Å². The molecule has 0 saturated carbocycles. The van der Waals surface area contributed by atoms with Crippen molar-refractivity contribution in [2.75, 3.05) is 5.43 Å². The molecule has 1 unspecified atom stereocenters. The van der Waals surface area contributed by atoms with Gasteiger partial charge in [0.2, 0.25) is 0 Å². The Hall–Kier alpha value is -3.91. The normalized spacial score (nSPS) is 14.9. The lowest BCUT2D eigenvalue weighted by atomic mass is 9.83. The second kappa shape index (κ2) is 8.91. The minimum absolute atomic E-state index is 0.175. The summed E-state index contributed by atoms with van der Waals surface area (Å²) in [6.45, 7) is 6.37. The third-order valence-electron chi connectivity index (χ3n) is 6.40. The van der Waals surface area contributed by atoms with E-state index in [-0.39, 0.29) is 5.92 Å². The lowest BCUT2D eigenvalue weighted by Crippen LogP contribution is -2.05. The van der Waals surface area contributed by atoms with Crippen molar-refractivity contribution >= 4 is 23.6 Å². The highest BCUT2D eigenvalue weighted by atomic mass is 15.3. The van der Waals surface area contributed by atoms with Crippen LogP contribution in [0.5, 0.6) is 0 Å². The summed E-state index contributed by atoms with van der Waals surface area (Å²) in [6.07, 6.45) is 4.29. The Morgan fingerprint density at radius 1 is 0.727 bits per heavy atom. The fourth-order valence-electron chi connectivity index (χ4n) is 4.95. The van der Waals surface area contributed by atoms with Gasteiger partial charge in [-0.2, -0.15) is 5.10 Å². The topological polar surface area (TPSA) is 24.4 Å². The van der Waals surface area contributed by atoms with E-state index in [1.807, 2.05) is 6.21 Å². The molecule has 2 heteroatoms. The molecule has 4 aromatic rings. The lowest BCUT2D eigenvalue weighted by molar-refractivity contribution is 1.06. The third kappa shape index (κ3) is 4.12. The summed E-state index contributed by atoms with van der Waals surface area (Å²) in [5.41, 5.74) is 15.7. The quantitative estimate of drug-likeness (QED) is 0.255. The number of allylic oxidation sites excluding steroid dienone is 1. The second-order valence-electron chi connectivity index (χ2n) is 8.80. The molecule has 1 atom stereocenters. The highest BCUT2D eigenvalue weighted by Gasteiger charge is 2.28. The summed E-state index contributed by atoms with van der Waals surface area (Å²) in [5.74, 6) is 0.175. The molecule has 0 aliphatic heterocycles. The van der Waals surface area contributed by atoms with Crippen LogP contribution >= 0.6 is 0 Å². The Labute approximate surface area is 196 Å².